The van der Waals surface area contributed by atoms with Gasteiger partial charge in [0.25, 0.3) is 0 Å². The van der Waals surface area contributed by atoms with Crippen LogP contribution >= 0.6 is 12.2 Å². The molecule has 0 aromatic carbocycles. The molecule has 0 rings (SSSR count). The van der Waals surface area contributed by atoms with Gasteiger partial charge in [0.05, 0.1) is 12.7 Å². The lowest BCUT2D eigenvalue weighted by Crippen LogP contribution is -2.50. The Balaban J connectivity index is 4.61. The van der Waals surface area contributed by atoms with Gasteiger partial charge in [-0.25, -0.2) is 8.42 Å². The van der Waals surface area contributed by atoms with Crippen molar-refractivity contribution in [1.82, 2.24) is 4.90 Å². The molecule has 19 heavy (non-hydrogen) atoms. The highest BCUT2D eigenvalue weighted by molar-refractivity contribution is 8.16. The van der Waals surface area contributed by atoms with E-state index in [2.05, 4.69) is 12.2 Å². The predicted molar refractivity (Wildman–Crippen MR) is 71.2 cm³/mol. The van der Waals surface area contributed by atoms with Crippen LogP contribution in [0.3, 0.4) is 0 Å². The molecule has 0 radical (unpaired) electrons. The molecule has 8 nitrogen and oxygen atoms in total. The molecule has 0 aliphatic heterocycles. The zero-order valence-corrected chi connectivity index (χ0v) is 12.2. The van der Waals surface area contributed by atoms with E-state index in [1.54, 1.807) is 0 Å². The van der Waals surface area contributed by atoms with Crippen molar-refractivity contribution in [1.29, 1.82) is 0 Å². The summed E-state index contributed by atoms with van der Waals surface area (Å²) in [4.78, 5) is 1.02. The number of likely N-dealkylation sites (N-methyl/N-ethyl adjacent to an activating group) is 1. The Hall–Kier alpha value is -0.360. The lowest BCUT2D eigenvalue weighted by atomic mass is 10.0. The van der Waals surface area contributed by atoms with Crippen LogP contribution in [0.2, 0.25) is 0 Å². The zero-order chi connectivity index (χ0) is 15.4. The maximum atomic E-state index is 11.2. The van der Waals surface area contributed by atoms with Crippen LogP contribution in [0.15, 0.2) is 0 Å². The number of aliphatic hydroxyl groups is 5. The molecule has 5 N–H and O–H groups in total. The Kier molecular flexibility index (Phi) is 7.29. The molecule has 0 fully saturated rings. The Morgan fingerprint density at radius 3 is 1.95 bits per heavy atom. The maximum absolute atomic E-state index is 11.2. The molecule has 0 aliphatic rings. The minimum Gasteiger partial charge on any atom is -0.394 e. The van der Waals surface area contributed by atoms with E-state index in [-0.39, 0.29) is 6.54 Å². The average Bonchev–Trinajstić information content (AvgIpc) is 2.33. The summed E-state index contributed by atoms with van der Waals surface area (Å²) in [6.45, 7) is -1.15. The van der Waals surface area contributed by atoms with Crippen LogP contribution in [0.5, 0.6) is 0 Å². The van der Waals surface area contributed by atoms with E-state index >= 15 is 0 Å². The number of sulfone groups is 1. The lowest BCUT2D eigenvalue weighted by molar-refractivity contribution is -0.116. The van der Waals surface area contributed by atoms with Gasteiger partial charge in [0.1, 0.15) is 18.3 Å². The van der Waals surface area contributed by atoms with Crippen molar-refractivity contribution in [3.8, 4) is 0 Å². The number of nitrogens with zero attached hydrogens (tertiary/aromatic N) is 1. The van der Waals surface area contributed by atoms with E-state index in [4.69, 9.17) is 10.2 Å². The number of rotatable bonds is 6. The standard InChI is InChI=1S/C9H19NO7S2/c1-10(9(18)19(2,16)17)3-5(12)7(14)8(15)6(13)4-11/h5-8,11-15H,3-4H2,1-2H3. The van der Waals surface area contributed by atoms with Gasteiger partial charge in [-0.15, -0.1) is 0 Å². The van der Waals surface area contributed by atoms with Gasteiger partial charge in [-0.3, -0.25) is 0 Å². The molecule has 0 amide bonds. The Labute approximate surface area is 116 Å². The highest BCUT2D eigenvalue weighted by Crippen LogP contribution is 2.07. The molecule has 0 spiro atoms. The van der Waals surface area contributed by atoms with Crippen molar-refractivity contribution in [3.05, 3.63) is 0 Å². The van der Waals surface area contributed by atoms with Crippen molar-refractivity contribution in [3.63, 3.8) is 0 Å². The summed E-state index contributed by atoms with van der Waals surface area (Å²) >= 11 is 4.65. The first-order valence-corrected chi connectivity index (χ1v) is 7.60. The van der Waals surface area contributed by atoms with Gasteiger partial charge in [0, 0.05) is 19.8 Å². The van der Waals surface area contributed by atoms with E-state index in [9.17, 15) is 23.7 Å². The van der Waals surface area contributed by atoms with Gasteiger partial charge >= 0.3 is 0 Å². The summed E-state index contributed by atoms with van der Waals surface area (Å²) in [6.07, 6.45) is -5.79. The van der Waals surface area contributed by atoms with Crippen LogP contribution in [0.1, 0.15) is 0 Å². The van der Waals surface area contributed by atoms with E-state index in [0.29, 0.717) is 0 Å². The summed E-state index contributed by atoms with van der Waals surface area (Å²) in [7, 11) is -2.30. The van der Waals surface area contributed by atoms with Crippen LogP contribution in [0.4, 0.5) is 0 Å². The van der Waals surface area contributed by atoms with Gasteiger partial charge in [0.2, 0.25) is 9.84 Å². The molecule has 0 heterocycles. The summed E-state index contributed by atoms with van der Waals surface area (Å²) in [5.74, 6) is 0. The molecule has 4 atom stereocenters. The second-order valence-corrected chi connectivity index (χ2v) is 6.79. The fraction of sp³-hybridized carbons (Fsp3) is 0.889. The average molecular weight is 317 g/mol. The van der Waals surface area contributed by atoms with Crippen LogP contribution in [0.25, 0.3) is 0 Å². The fourth-order valence-corrected chi connectivity index (χ4v) is 2.02. The highest BCUT2D eigenvalue weighted by atomic mass is 32.2. The number of aliphatic hydroxyl groups excluding tert-OH is 5. The summed E-state index contributed by atoms with van der Waals surface area (Å²) in [5, 5.41) is 46.2. The first kappa shape index (κ1) is 18.6. The maximum Gasteiger partial charge on any atom is 0.201 e. The van der Waals surface area contributed by atoms with Crippen molar-refractivity contribution in [2.75, 3.05) is 26.5 Å². The van der Waals surface area contributed by atoms with E-state index in [1.165, 1.54) is 7.05 Å². The molecule has 0 bridgehead atoms. The van der Waals surface area contributed by atoms with E-state index in [0.717, 1.165) is 11.2 Å². The minimum absolute atomic E-state index is 0.359. The molecular weight excluding hydrogens is 298 g/mol. The Morgan fingerprint density at radius 2 is 1.58 bits per heavy atom. The van der Waals surface area contributed by atoms with Crippen molar-refractivity contribution in [2.24, 2.45) is 0 Å². The first-order chi connectivity index (χ1) is 8.52. The number of hydrogen-bond acceptors (Lipinski definition) is 8. The predicted octanol–water partition coefficient (Wildman–Crippen LogP) is -3.32. The quantitative estimate of drug-likeness (QED) is 0.319. The van der Waals surface area contributed by atoms with Gasteiger partial charge in [-0.2, -0.15) is 0 Å². The minimum atomic E-state index is -3.60. The monoisotopic (exact) mass is 317 g/mol. The van der Waals surface area contributed by atoms with Crippen molar-refractivity contribution < 1.29 is 34.0 Å². The molecular formula is C9H19NO7S2. The molecule has 0 aliphatic carbocycles. The summed E-state index contributed by atoms with van der Waals surface area (Å²) in [5.41, 5.74) is 0. The Morgan fingerprint density at radius 1 is 1.16 bits per heavy atom. The lowest BCUT2D eigenvalue weighted by Gasteiger charge is -2.29. The van der Waals surface area contributed by atoms with E-state index in [1.807, 2.05) is 0 Å². The van der Waals surface area contributed by atoms with Crippen LogP contribution < -0.4 is 0 Å². The fourth-order valence-electron chi connectivity index (χ4n) is 1.31. The van der Waals surface area contributed by atoms with Gasteiger partial charge in [-0.1, -0.05) is 0 Å². The molecule has 0 aromatic rings. The zero-order valence-electron chi connectivity index (χ0n) is 10.5. The van der Waals surface area contributed by atoms with Gasteiger partial charge < -0.3 is 30.4 Å². The topological polar surface area (TPSA) is 139 Å². The molecule has 4 unspecified atom stereocenters. The van der Waals surface area contributed by atoms with Crippen LogP contribution in [0, 0.1) is 0 Å². The van der Waals surface area contributed by atoms with Gasteiger partial charge in [0.15, 0.2) is 4.32 Å². The second-order valence-electron chi connectivity index (χ2n) is 4.22. The van der Waals surface area contributed by atoms with Gasteiger partial charge in [-0.05, 0) is 12.2 Å². The van der Waals surface area contributed by atoms with Crippen molar-refractivity contribution in [2.45, 2.75) is 24.4 Å². The third-order valence-electron chi connectivity index (χ3n) is 2.42. The third-order valence-corrected chi connectivity index (χ3v) is 4.58. The molecule has 0 aromatic heterocycles. The first-order valence-electron chi connectivity index (χ1n) is 5.30. The van der Waals surface area contributed by atoms with Crippen molar-refractivity contribution >= 4 is 26.4 Å². The summed E-state index contributed by atoms with van der Waals surface area (Å²) < 4.78 is 21.9. The molecule has 114 valence electrons. The smallest absolute Gasteiger partial charge is 0.201 e. The normalized spacial score (nSPS) is 18.5. The molecule has 10 heteroatoms. The molecule has 0 saturated carbocycles. The second kappa shape index (κ2) is 7.43. The highest BCUT2D eigenvalue weighted by Gasteiger charge is 2.31. The van der Waals surface area contributed by atoms with Crippen LogP contribution in [-0.2, 0) is 9.84 Å². The van der Waals surface area contributed by atoms with E-state index < -0.39 is 45.2 Å². The number of hydrogen-bond donors (Lipinski definition) is 5. The Bertz CT molecular complexity index is 399. The summed E-state index contributed by atoms with van der Waals surface area (Å²) in [6, 6.07) is 0. The van der Waals surface area contributed by atoms with Crippen LogP contribution in [-0.4, -0.2) is 94.0 Å². The third kappa shape index (κ3) is 5.65. The molecule has 0 saturated heterocycles. The SMILES string of the molecule is CN(CC(O)C(O)C(O)C(O)CO)C(=S)S(C)(=O)=O. The number of thiocarbonyl (C=S) groups is 1. The largest absolute Gasteiger partial charge is 0.394 e.